The summed E-state index contributed by atoms with van der Waals surface area (Å²) < 4.78 is 11.3. The fraction of sp³-hybridized carbons (Fsp3) is 0.750. The second-order valence-corrected chi connectivity index (χ2v) is 12.5. The molecule has 1 aliphatic rings. The lowest BCUT2D eigenvalue weighted by atomic mass is 9.72. The average molecular weight is 344 g/mol. The van der Waals surface area contributed by atoms with Crippen LogP contribution in [0.4, 0.5) is 0 Å². The third-order valence-corrected chi connectivity index (χ3v) is 9.58. The average Bonchev–Trinajstić information content (AvgIpc) is 2.38. The SMILES string of the molecule is CC(=O)[C@@]1(O)[C@@H](CO[Si](C)(C)C(C)(C)C)OC=C[C@]1(O)C(C)=O. The smallest absolute Gasteiger partial charge is 0.201 e. The number of ether oxygens (including phenoxy) is 1. The fourth-order valence-electron chi connectivity index (χ4n) is 2.24. The van der Waals surface area contributed by atoms with Gasteiger partial charge in [-0.1, -0.05) is 20.8 Å². The molecule has 132 valence electrons. The van der Waals surface area contributed by atoms with Crippen LogP contribution in [0, 0.1) is 0 Å². The van der Waals surface area contributed by atoms with Crippen molar-refractivity contribution in [1.82, 2.24) is 0 Å². The zero-order valence-electron chi connectivity index (χ0n) is 15.0. The lowest BCUT2D eigenvalue weighted by molar-refractivity contribution is -0.203. The van der Waals surface area contributed by atoms with Crippen molar-refractivity contribution in [2.45, 2.75) is 70.1 Å². The Balaban J connectivity index is 3.15. The van der Waals surface area contributed by atoms with Crippen LogP contribution in [0.2, 0.25) is 18.1 Å². The Morgan fingerprint density at radius 2 is 1.74 bits per heavy atom. The Labute approximate surface area is 138 Å². The molecule has 0 fully saturated rings. The number of hydrogen-bond donors (Lipinski definition) is 2. The van der Waals surface area contributed by atoms with Gasteiger partial charge in [-0.3, -0.25) is 9.59 Å². The first-order valence-corrected chi connectivity index (χ1v) is 10.5. The van der Waals surface area contributed by atoms with Crippen molar-refractivity contribution in [3.8, 4) is 0 Å². The van der Waals surface area contributed by atoms with Crippen molar-refractivity contribution >= 4 is 19.9 Å². The molecule has 2 N–H and O–H groups in total. The lowest BCUT2D eigenvalue weighted by Gasteiger charge is -2.46. The van der Waals surface area contributed by atoms with Crippen molar-refractivity contribution in [1.29, 1.82) is 0 Å². The molecule has 23 heavy (non-hydrogen) atoms. The molecule has 1 rings (SSSR count). The van der Waals surface area contributed by atoms with E-state index >= 15 is 0 Å². The van der Waals surface area contributed by atoms with Crippen molar-refractivity contribution in [2.24, 2.45) is 0 Å². The molecule has 0 amide bonds. The lowest BCUT2D eigenvalue weighted by Crippen LogP contribution is -2.70. The molecule has 0 aromatic rings. The first-order valence-electron chi connectivity index (χ1n) is 7.64. The van der Waals surface area contributed by atoms with Gasteiger partial charge in [0.15, 0.2) is 31.6 Å². The van der Waals surface area contributed by atoms with Crippen LogP contribution >= 0.6 is 0 Å². The number of rotatable bonds is 5. The van der Waals surface area contributed by atoms with Gasteiger partial charge in [0, 0.05) is 0 Å². The maximum Gasteiger partial charge on any atom is 0.201 e. The zero-order chi connectivity index (χ0) is 18.3. The van der Waals surface area contributed by atoms with Crippen LogP contribution in [-0.2, 0) is 18.8 Å². The molecule has 0 aliphatic carbocycles. The molecule has 0 aromatic heterocycles. The zero-order valence-corrected chi connectivity index (χ0v) is 16.0. The summed E-state index contributed by atoms with van der Waals surface area (Å²) >= 11 is 0. The van der Waals surface area contributed by atoms with Gasteiger partial charge < -0.3 is 19.4 Å². The van der Waals surface area contributed by atoms with E-state index in [0.29, 0.717) is 0 Å². The van der Waals surface area contributed by atoms with E-state index in [0.717, 1.165) is 26.2 Å². The van der Waals surface area contributed by atoms with Crippen molar-refractivity contribution < 1.29 is 29.0 Å². The Hall–Kier alpha value is -1.02. The van der Waals surface area contributed by atoms with Gasteiger partial charge in [0.05, 0.1) is 12.9 Å². The summed E-state index contributed by atoms with van der Waals surface area (Å²) in [5.41, 5.74) is -4.70. The normalized spacial score (nSPS) is 31.6. The molecule has 0 saturated heterocycles. The molecule has 1 heterocycles. The van der Waals surface area contributed by atoms with Gasteiger partial charge in [-0.05, 0) is 38.1 Å². The number of carbonyl (C=O) groups excluding carboxylic acids is 2. The largest absolute Gasteiger partial charge is 0.492 e. The summed E-state index contributed by atoms with van der Waals surface area (Å²) in [6.45, 7) is 12.4. The first-order chi connectivity index (χ1) is 10.2. The predicted octanol–water partition coefficient (Wildman–Crippen LogP) is 1.56. The van der Waals surface area contributed by atoms with Crippen LogP contribution in [0.15, 0.2) is 12.3 Å². The summed E-state index contributed by atoms with van der Waals surface area (Å²) in [6, 6.07) is 0. The van der Waals surface area contributed by atoms with Crippen LogP contribution in [-0.4, -0.2) is 54.0 Å². The minimum Gasteiger partial charge on any atom is -0.492 e. The standard InChI is InChI=1S/C16H28O6Si/c1-11(17)15(19)8-9-21-13(16(15,20)12(2)18)10-22-23(6,7)14(3,4)5/h8-9,13,19-20H,10H2,1-7H3/t13-,15+,16-/m1/s1. The van der Waals surface area contributed by atoms with Crippen LogP contribution in [0.1, 0.15) is 34.6 Å². The number of carbonyl (C=O) groups is 2. The molecule has 0 aromatic carbocycles. The van der Waals surface area contributed by atoms with E-state index in [1.807, 2.05) is 13.1 Å². The number of ketones is 2. The van der Waals surface area contributed by atoms with Gasteiger partial charge in [-0.25, -0.2) is 0 Å². The van der Waals surface area contributed by atoms with Crippen LogP contribution < -0.4 is 0 Å². The van der Waals surface area contributed by atoms with Gasteiger partial charge in [0.1, 0.15) is 0 Å². The molecule has 0 spiro atoms. The van der Waals surface area contributed by atoms with Gasteiger partial charge in [-0.2, -0.15) is 0 Å². The molecule has 1 aliphatic heterocycles. The molecule has 0 bridgehead atoms. The van der Waals surface area contributed by atoms with Crippen LogP contribution in [0.25, 0.3) is 0 Å². The summed E-state index contributed by atoms with van der Waals surface area (Å²) in [5, 5.41) is 21.3. The number of hydrogen-bond acceptors (Lipinski definition) is 6. The monoisotopic (exact) mass is 344 g/mol. The first kappa shape index (κ1) is 20.0. The van der Waals surface area contributed by atoms with E-state index < -0.39 is 37.2 Å². The van der Waals surface area contributed by atoms with E-state index in [4.69, 9.17) is 9.16 Å². The molecular formula is C16H28O6Si. The van der Waals surface area contributed by atoms with E-state index in [1.54, 1.807) is 0 Å². The minimum absolute atomic E-state index is 0.0667. The van der Waals surface area contributed by atoms with E-state index in [9.17, 15) is 19.8 Å². The van der Waals surface area contributed by atoms with Crippen molar-refractivity contribution in [3.05, 3.63) is 12.3 Å². The van der Waals surface area contributed by atoms with Gasteiger partial charge in [-0.15, -0.1) is 0 Å². The van der Waals surface area contributed by atoms with Gasteiger partial charge in [0.25, 0.3) is 0 Å². The van der Waals surface area contributed by atoms with Crippen molar-refractivity contribution in [3.63, 3.8) is 0 Å². The third kappa shape index (κ3) is 3.28. The van der Waals surface area contributed by atoms with E-state index in [2.05, 4.69) is 20.8 Å². The van der Waals surface area contributed by atoms with Crippen LogP contribution in [0.5, 0.6) is 0 Å². The highest BCUT2D eigenvalue weighted by Gasteiger charge is 2.62. The Kier molecular flexibility index (Phi) is 5.33. The summed E-state index contributed by atoms with van der Waals surface area (Å²) in [6.07, 6.45) is 0.992. The molecule has 0 unspecified atom stereocenters. The fourth-order valence-corrected chi connectivity index (χ4v) is 3.25. The second kappa shape index (κ2) is 6.12. The second-order valence-electron chi connectivity index (χ2n) is 7.64. The highest BCUT2D eigenvalue weighted by Crippen LogP contribution is 2.39. The summed E-state index contributed by atoms with van der Waals surface area (Å²) in [4.78, 5) is 23.9. The highest BCUT2D eigenvalue weighted by atomic mass is 28.4. The minimum atomic E-state index is -2.38. The van der Waals surface area contributed by atoms with Gasteiger partial charge >= 0.3 is 0 Å². The van der Waals surface area contributed by atoms with Crippen molar-refractivity contribution in [2.75, 3.05) is 6.61 Å². The summed E-state index contributed by atoms with van der Waals surface area (Å²) in [5.74, 6) is -1.48. The molecule has 0 saturated carbocycles. The molecule has 7 heteroatoms. The predicted molar refractivity (Wildman–Crippen MR) is 88.4 cm³/mol. The quantitative estimate of drug-likeness (QED) is 0.735. The maximum atomic E-state index is 12.1. The molecule has 3 atom stereocenters. The molecule has 6 nitrogen and oxygen atoms in total. The topological polar surface area (TPSA) is 93.1 Å². The maximum absolute atomic E-state index is 12.1. The Morgan fingerprint density at radius 1 is 1.22 bits per heavy atom. The number of Topliss-reactive ketones (excluding diaryl/α,β-unsaturated/α-hetero) is 2. The van der Waals surface area contributed by atoms with E-state index in [-0.39, 0.29) is 11.6 Å². The Morgan fingerprint density at radius 3 is 2.13 bits per heavy atom. The molecular weight excluding hydrogens is 316 g/mol. The van der Waals surface area contributed by atoms with Gasteiger partial charge in [0.2, 0.25) is 5.60 Å². The number of aliphatic hydroxyl groups is 2. The third-order valence-electron chi connectivity index (χ3n) is 5.07. The highest BCUT2D eigenvalue weighted by molar-refractivity contribution is 6.74. The Bertz CT molecular complexity index is 521. The van der Waals surface area contributed by atoms with E-state index in [1.165, 1.54) is 0 Å². The van der Waals surface area contributed by atoms with Crippen LogP contribution in [0.3, 0.4) is 0 Å². The summed E-state index contributed by atoms with van der Waals surface area (Å²) in [7, 11) is -2.15. The molecule has 0 radical (unpaired) electrons.